The molecule has 88 valence electrons. The second kappa shape index (κ2) is 5.94. The number of hydrogen-bond donors (Lipinski definition) is 1. The van der Waals surface area contributed by atoms with Crippen LogP contribution in [0.4, 0.5) is 0 Å². The summed E-state index contributed by atoms with van der Waals surface area (Å²) in [6.07, 6.45) is 0. The van der Waals surface area contributed by atoms with Crippen LogP contribution in [0.3, 0.4) is 0 Å². The fourth-order valence-corrected chi connectivity index (χ4v) is 1.62. The minimum atomic E-state index is -1.13. The molecule has 0 saturated carbocycles. The number of hydrogen-bond acceptors (Lipinski definition) is 3. The number of rotatable bonds is 5. The molecule has 0 spiro atoms. The number of carbonyl (C=O) groups is 1. The molecule has 0 bridgehead atoms. The Labute approximate surface area is 103 Å². The zero-order valence-corrected chi connectivity index (χ0v) is 10.0. The van der Waals surface area contributed by atoms with E-state index >= 15 is 0 Å². The number of ether oxygens (including phenoxy) is 2. The molecular formula is C10H10Cl2O4. The monoisotopic (exact) mass is 264 g/mol. The van der Waals surface area contributed by atoms with Crippen molar-refractivity contribution >= 4 is 29.2 Å². The van der Waals surface area contributed by atoms with E-state index in [1.54, 1.807) is 0 Å². The second-order valence-corrected chi connectivity index (χ2v) is 3.67. The summed E-state index contributed by atoms with van der Waals surface area (Å²) in [6.45, 7) is 0.614. The highest BCUT2D eigenvalue weighted by Gasteiger charge is 2.16. The van der Waals surface area contributed by atoms with Gasteiger partial charge in [-0.3, -0.25) is 0 Å². The Bertz CT molecular complexity index is 393. The highest BCUT2D eigenvalue weighted by atomic mass is 35.5. The normalized spacial score (nSPS) is 10.2. The van der Waals surface area contributed by atoms with Crippen molar-refractivity contribution in [3.63, 3.8) is 0 Å². The van der Waals surface area contributed by atoms with E-state index in [0.29, 0.717) is 6.61 Å². The molecule has 0 aromatic heterocycles. The molecule has 6 heteroatoms. The molecule has 16 heavy (non-hydrogen) atoms. The van der Waals surface area contributed by atoms with Crippen molar-refractivity contribution in [1.82, 2.24) is 0 Å². The van der Waals surface area contributed by atoms with Crippen molar-refractivity contribution in [3.8, 4) is 5.75 Å². The highest BCUT2D eigenvalue weighted by Crippen LogP contribution is 2.35. The largest absolute Gasteiger partial charge is 0.488 e. The average molecular weight is 265 g/mol. The Hall–Kier alpha value is -0.970. The average Bonchev–Trinajstić information content (AvgIpc) is 2.22. The number of methoxy groups -OCH3 is 1. The SMILES string of the molecule is COCCOc1c(Cl)ccc(C(=O)O)c1Cl. The van der Waals surface area contributed by atoms with Crippen LogP contribution in [0.1, 0.15) is 10.4 Å². The summed E-state index contributed by atoms with van der Waals surface area (Å²) >= 11 is 11.7. The van der Waals surface area contributed by atoms with Gasteiger partial charge in [-0.15, -0.1) is 0 Å². The molecule has 1 N–H and O–H groups in total. The molecule has 0 heterocycles. The molecule has 0 fully saturated rings. The number of aromatic carboxylic acids is 1. The van der Waals surface area contributed by atoms with E-state index in [4.69, 9.17) is 37.8 Å². The van der Waals surface area contributed by atoms with Crippen molar-refractivity contribution in [2.75, 3.05) is 20.3 Å². The van der Waals surface area contributed by atoms with Gasteiger partial charge in [0.1, 0.15) is 6.61 Å². The summed E-state index contributed by atoms with van der Waals surface area (Å²) < 4.78 is 10.0. The zero-order valence-electron chi connectivity index (χ0n) is 8.50. The van der Waals surface area contributed by atoms with Crippen molar-refractivity contribution in [2.24, 2.45) is 0 Å². The lowest BCUT2D eigenvalue weighted by Crippen LogP contribution is -2.06. The van der Waals surface area contributed by atoms with Crippen molar-refractivity contribution in [2.45, 2.75) is 0 Å². The van der Waals surface area contributed by atoms with Crippen LogP contribution in [0.5, 0.6) is 5.75 Å². The number of carboxylic acids is 1. The van der Waals surface area contributed by atoms with Gasteiger partial charge in [0.05, 0.1) is 22.2 Å². The van der Waals surface area contributed by atoms with Gasteiger partial charge in [-0.2, -0.15) is 0 Å². The summed E-state index contributed by atoms with van der Waals surface area (Å²) in [5, 5.41) is 9.11. The standard InChI is InChI=1S/C10H10Cl2O4/c1-15-4-5-16-9-7(11)3-2-6(8(9)12)10(13)14/h2-3H,4-5H2,1H3,(H,13,14). The second-order valence-electron chi connectivity index (χ2n) is 2.88. The lowest BCUT2D eigenvalue weighted by atomic mass is 10.2. The first-order valence-electron chi connectivity index (χ1n) is 4.41. The minimum Gasteiger partial charge on any atom is -0.488 e. The van der Waals surface area contributed by atoms with Crippen molar-refractivity contribution in [3.05, 3.63) is 27.7 Å². The van der Waals surface area contributed by atoms with Gasteiger partial charge in [0, 0.05) is 7.11 Å². The molecule has 0 aliphatic heterocycles. The summed E-state index contributed by atoms with van der Waals surface area (Å²) in [5.74, 6) is -0.960. The first-order valence-corrected chi connectivity index (χ1v) is 5.16. The molecule has 0 saturated heterocycles. The zero-order chi connectivity index (χ0) is 12.1. The third-order valence-electron chi connectivity index (χ3n) is 1.81. The third-order valence-corrected chi connectivity index (χ3v) is 2.49. The van der Waals surface area contributed by atoms with Gasteiger partial charge in [0.2, 0.25) is 0 Å². The highest BCUT2D eigenvalue weighted by molar-refractivity contribution is 6.39. The maximum atomic E-state index is 10.8. The summed E-state index contributed by atoms with van der Waals surface area (Å²) in [7, 11) is 1.53. The maximum Gasteiger partial charge on any atom is 0.337 e. The molecule has 0 amide bonds. The molecule has 1 rings (SSSR count). The van der Waals surface area contributed by atoms with Crippen LogP contribution in [0, 0.1) is 0 Å². The lowest BCUT2D eigenvalue weighted by molar-refractivity contribution is 0.0696. The van der Waals surface area contributed by atoms with Crippen LogP contribution in [0.2, 0.25) is 10.0 Å². The fourth-order valence-electron chi connectivity index (χ4n) is 1.06. The van der Waals surface area contributed by atoms with E-state index in [9.17, 15) is 4.79 Å². The predicted octanol–water partition coefficient (Wildman–Crippen LogP) is 2.72. The Morgan fingerprint density at radius 2 is 2.06 bits per heavy atom. The molecule has 0 unspecified atom stereocenters. The van der Waals surface area contributed by atoms with E-state index in [2.05, 4.69) is 0 Å². The molecule has 4 nitrogen and oxygen atoms in total. The van der Waals surface area contributed by atoms with Gasteiger partial charge in [0.25, 0.3) is 0 Å². The van der Waals surface area contributed by atoms with Crippen LogP contribution in [-0.2, 0) is 4.74 Å². The van der Waals surface area contributed by atoms with E-state index < -0.39 is 5.97 Å². The van der Waals surface area contributed by atoms with Crippen LogP contribution in [-0.4, -0.2) is 31.4 Å². The Morgan fingerprint density at radius 3 is 2.62 bits per heavy atom. The van der Waals surface area contributed by atoms with Gasteiger partial charge in [0.15, 0.2) is 5.75 Å². The lowest BCUT2D eigenvalue weighted by Gasteiger charge is -2.10. The molecular weight excluding hydrogens is 255 g/mol. The Kier molecular flexibility index (Phi) is 4.86. The van der Waals surface area contributed by atoms with E-state index in [1.165, 1.54) is 19.2 Å². The van der Waals surface area contributed by atoms with Crippen LogP contribution in [0.25, 0.3) is 0 Å². The first-order chi connectivity index (χ1) is 7.57. The van der Waals surface area contributed by atoms with E-state index in [0.717, 1.165) is 0 Å². The molecule has 0 atom stereocenters. The van der Waals surface area contributed by atoms with E-state index in [1.807, 2.05) is 0 Å². The maximum absolute atomic E-state index is 10.8. The van der Waals surface area contributed by atoms with Gasteiger partial charge < -0.3 is 14.6 Å². The van der Waals surface area contributed by atoms with Gasteiger partial charge in [-0.1, -0.05) is 23.2 Å². The molecule has 0 aliphatic rings. The smallest absolute Gasteiger partial charge is 0.337 e. The summed E-state index contributed by atoms with van der Waals surface area (Å²) in [4.78, 5) is 10.8. The minimum absolute atomic E-state index is 0.00361. The van der Waals surface area contributed by atoms with Crippen molar-refractivity contribution in [1.29, 1.82) is 0 Å². The quantitative estimate of drug-likeness (QED) is 0.831. The van der Waals surface area contributed by atoms with Crippen LogP contribution < -0.4 is 4.74 Å². The van der Waals surface area contributed by atoms with Gasteiger partial charge in [-0.25, -0.2) is 4.79 Å². The molecule has 1 aromatic rings. The molecule has 0 aliphatic carbocycles. The Morgan fingerprint density at radius 1 is 1.38 bits per heavy atom. The molecule has 1 aromatic carbocycles. The third kappa shape index (κ3) is 3.01. The number of benzene rings is 1. The summed E-state index contributed by atoms with van der Waals surface area (Å²) in [6, 6.07) is 2.76. The van der Waals surface area contributed by atoms with Gasteiger partial charge >= 0.3 is 5.97 Å². The number of halogens is 2. The number of carboxylic acid groups (broad SMARTS) is 1. The predicted molar refractivity (Wildman–Crippen MR) is 60.8 cm³/mol. The molecule has 0 radical (unpaired) electrons. The Balaban J connectivity index is 2.97. The van der Waals surface area contributed by atoms with Crippen LogP contribution >= 0.6 is 23.2 Å². The first kappa shape index (κ1) is 13.1. The fraction of sp³-hybridized carbons (Fsp3) is 0.300. The summed E-state index contributed by atoms with van der Waals surface area (Å²) in [5.41, 5.74) is -0.0431. The van der Waals surface area contributed by atoms with Gasteiger partial charge in [-0.05, 0) is 12.1 Å². The van der Waals surface area contributed by atoms with Crippen molar-refractivity contribution < 1.29 is 19.4 Å². The van der Waals surface area contributed by atoms with E-state index in [-0.39, 0.29) is 28.0 Å². The topological polar surface area (TPSA) is 55.8 Å². The van der Waals surface area contributed by atoms with Crippen LogP contribution in [0.15, 0.2) is 12.1 Å².